The molecule has 0 unspecified atom stereocenters. The molecular formula is C12H17ClO6. The summed E-state index contributed by atoms with van der Waals surface area (Å²) in [5.74, 6) is -1.40. The van der Waals surface area contributed by atoms with Crippen LogP contribution < -0.4 is 0 Å². The highest BCUT2D eigenvalue weighted by Crippen LogP contribution is 2.11. The van der Waals surface area contributed by atoms with E-state index in [-0.39, 0.29) is 13.2 Å². The Morgan fingerprint density at radius 2 is 1.63 bits per heavy atom. The zero-order chi connectivity index (χ0) is 14.8. The SMILES string of the molecule is CC(=O)OCC/C(Cl)=C/[C@H](COC(C)=O)OC(C)=O. The van der Waals surface area contributed by atoms with Crippen molar-refractivity contribution in [3.05, 3.63) is 11.1 Å². The van der Waals surface area contributed by atoms with Crippen LogP contribution >= 0.6 is 11.6 Å². The topological polar surface area (TPSA) is 78.9 Å². The summed E-state index contributed by atoms with van der Waals surface area (Å²) in [5, 5.41) is 0.347. The average Bonchev–Trinajstić information content (AvgIpc) is 2.24. The highest BCUT2D eigenvalue weighted by molar-refractivity contribution is 6.29. The number of halogens is 1. The molecule has 7 heteroatoms. The van der Waals surface area contributed by atoms with Crippen LogP contribution in [0.2, 0.25) is 0 Å². The van der Waals surface area contributed by atoms with Crippen LogP contribution in [0.1, 0.15) is 27.2 Å². The second-order valence-corrected chi connectivity index (χ2v) is 4.14. The van der Waals surface area contributed by atoms with Gasteiger partial charge in [-0.05, 0) is 6.08 Å². The third kappa shape index (κ3) is 11.3. The molecule has 0 aliphatic rings. The van der Waals surface area contributed by atoms with Gasteiger partial charge in [0.1, 0.15) is 6.61 Å². The first-order chi connectivity index (χ1) is 8.81. The van der Waals surface area contributed by atoms with Crippen molar-refractivity contribution >= 4 is 29.5 Å². The van der Waals surface area contributed by atoms with Gasteiger partial charge in [-0.15, -0.1) is 0 Å². The van der Waals surface area contributed by atoms with Crippen LogP contribution in [0.25, 0.3) is 0 Å². The zero-order valence-electron chi connectivity index (χ0n) is 11.1. The first-order valence-corrected chi connectivity index (χ1v) is 5.99. The van der Waals surface area contributed by atoms with Gasteiger partial charge in [-0.25, -0.2) is 0 Å². The van der Waals surface area contributed by atoms with Crippen LogP contribution in [0, 0.1) is 0 Å². The molecule has 0 radical (unpaired) electrons. The van der Waals surface area contributed by atoms with E-state index in [2.05, 4.69) is 0 Å². The lowest BCUT2D eigenvalue weighted by Gasteiger charge is -2.13. The van der Waals surface area contributed by atoms with E-state index in [1.807, 2.05) is 0 Å². The number of hydrogen-bond acceptors (Lipinski definition) is 6. The minimum atomic E-state index is -0.758. The van der Waals surface area contributed by atoms with E-state index in [9.17, 15) is 14.4 Å². The fraction of sp³-hybridized carbons (Fsp3) is 0.583. The molecule has 0 bridgehead atoms. The van der Waals surface area contributed by atoms with Crippen LogP contribution in [-0.2, 0) is 28.6 Å². The number of esters is 3. The number of carbonyl (C=O) groups is 3. The molecular weight excluding hydrogens is 276 g/mol. The molecule has 0 fully saturated rings. The quantitative estimate of drug-likeness (QED) is 0.523. The summed E-state index contributed by atoms with van der Waals surface area (Å²) in [6.45, 7) is 3.79. The highest BCUT2D eigenvalue weighted by atomic mass is 35.5. The predicted octanol–water partition coefficient (Wildman–Crippen LogP) is 1.56. The Bertz CT molecular complexity index is 363. The normalized spacial score (nSPS) is 12.5. The van der Waals surface area contributed by atoms with Gasteiger partial charge >= 0.3 is 17.9 Å². The molecule has 6 nitrogen and oxygen atoms in total. The molecule has 0 aromatic heterocycles. The van der Waals surface area contributed by atoms with Gasteiger partial charge in [-0.3, -0.25) is 14.4 Å². The summed E-state index contributed by atoms with van der Waals surface area (Å²) in [6.07, 6.45) is 0.972. The molecule has 108 valence electrons. The van der Waals surface area contributed by atoms with Crippen molar-refractivity contribution in [2.24, 2.45) is 0 Å². The maximum absolute atomic E-state index is 10.9. The summed E-state index contributed by atoms with van der Waals surface area (Å²) in [5.41, 5.74) is 0. The maximum atomic E-state index is 10.9. The molecule has 0 heterocycles. The fourth-order valence-electron chi connectivity index (χ4n) is 1.11. The lowest BCUT2D eigenvalue weighted by Crippen LogP contribution is -2.22. The summed E-state index contributed by atoms with van der Waals surface area (Å²) in [7, 11) is 0. The van der Waals surface area contributed by atoms with Gasteiger partial charge in [0, 0.05) is 32.2 Å². The van der Waals surface area contributed by atoms with Gasteiger partial charge < -0.3 is 14.2 Å². The number of hydrogen-bond donors (Lipinski definition) is 0. The molecule has 0 aromatic rings. The summed E-state index contributed by atoms with van der Waals surface area (Å²) >= 11 is 5.90. The summed E-state index contributed by atoms with van der Waals surface area (Å²) in [4.78, 5) is 32.1. The Labute approximate surface area is 116 Å². The fourth-order valence-corrected chi connectivity index (χ4v) is 1.32. The predicted molar refractivity (Wildman–Crippen MR) is 67.4 cm³/mol. The van der Waals surface area contributed by atoms with Gasteiger partial charge in [0.25, 0.3) is 0 Å². The van der Waals surface area contributed by atoms with Crippen molar-refractivity contribution < 1.29 is 28.6 Å². The maximum Gasteiger partial charge on any atom is 0.303 e. The Balaban J connectivity index is 4.36. The van der Waals surface area contributed by atoms with Gasteiger partial charge in [0.05, 0.1) is 6.61 Å². The van der Waals surface area contributed by atoms with Gasteiger partial charge in [-0.2, -0.15) is 0 Å². The van der Waals surface area contributed by atoms with Gasteiger partial charge in [0.15, 0.2) is 6.10 Å². The Kier molecular flexibility index (Phi) is 8.61. The molecule has 0 saturated carbocycles. The lowest BCUT2D eigenvalue weighted by atomic mass is 10.3. The van der Waals surface area contributed by atoms with E-state index in [1.165, 1.54) is 26.8 Å². The van der Waals surface area contributed by atoms with Crippen molar-refractivity contribution in [1.82, 2.24) is 0 Å². The van der Waals surface area contributed by atoms with Gasteiger partial charge in [0.2, 0.25) is 0 Å². The minimum Gasteiger partial charge on any atom is -0.465 e. The molecule has 19 heavy (non-hydrogen) atoms. The molecule has 0 aromatic carbocycles. The van der Waals surface area contributed by atoms with E-state index in [4.69, 9.17) is 25.8 Å². The van der Waals surface area contributed by atoms with Crippen LogP contribution in [0.15, 0.2) is 11.1 Å². The summed E-state index contributed by atoms with van der Waals surface area (Å²) in [6, 6.07) is 0. The third-order valence-electron chi connectivity index (χ3n) is 1.78. The van der Waals surface area contributed by atoms with Crippen molar-refractivity contribution in [1.29, 1.82) is 0 Å². The molecule has 0 aliphatic carbocycles. The van der Waals surface area contributed by atoms with E-state index in [0.717, 1.165) is 0 Å². The number of carbonyl (C=O) groups excluding carboxylic acids is 3. The zero-order valence-corrected chi connectivity index (χ0v) is 11.9. The number of rotatable bonds is 7. The monoisotopic (exact) mass is 292 g/mol. The average molecular weight is 293 g/mol. The van der Waals surface area contributed by atoms with Crippen LogP contribution in [0.4, 0.5) is 0 Å². The molecule has 0 amide bonds. The second kappa shape index (κ2) is 9.38. The molecule has 0 spiro atoms. The molecule has 1 atom stereocenters. The first-order valence-electron chi connectivity index (χ1n) is 5.61. The lowest BCUT2D eigenvalue weighted by molar-refractivity contribution is -0.153. The van der Waals surface area contributed by atoms with Gasteiger partial charge in [-0.1, -0.05) is 11.6 Å². The van der Waals surface area contributed by atoms with E-state index in [0.29, 0.717) is 11.5 Å². The third-order valence-corrected chi connectivity index (χ3v) is 2.10. The Morgan fingerprint density at radius 3 is 2.11 bits per heavy atom. The Hall–Kier alpha value is -1.56. The van der Waals surface area contributed by atoms with E-state index >= 15 is 0 Å². The molecule has 0 rings (SSSR count). The van der Waals surface area contributed by atoms with E-state index in [1.54, 1.807) is 0 Å². The van der Waals surface area contributed by atoms with Crippen molar-refractivity contribution in [2.75, 3.05) is 13.2 Å². The first kappa shape index (κ1) is 17.4. The van der Waals surface area contributed by atoms with Crippen LogP contribution in [0.3, 0.4) is 0 Å². The van der Waals surface area contributed by atoms with Crippen molar-refractivity contribution in [3.63, 3.8) is 0 Å². The minimum absolute atomic E-state index is 0.112. The van der Waals surface area contributed by atoms with E-state index < -0.39 is 24.0 Å². The van der Waals surface area contributed by atoms with Crippen molar-refractivity contribution in [3.8, 4) is 0 Å². The van der Waals surface area contributed by atoms with Crippen molar-refractivity contribution in [2.45, 2.75) is 33.3 Å². The smallest absolute Gasteiger partial charge is 0.303 e. The second-order valence-electron chi connectivity index (χ2n) is 3.65. The van der Waals surface area contributed by atoms with Crippen LogP contribution in [0.5, 0.6) is 0 Å². The number of ether oxygens (including phenoxy) is 3. The molecule has 0 aliphatic heterocycles. The standard InChI is InChI=1S/C12H17ClO6/c1-8(14)17-5-4-11(13)6-12(19-10(3)16)7-18-9(2)15/h6,12H,4-5,7H2,1-3H3/b11-6-/t12-/m1/s1. The Morgan fingerprint density at radius 1 is 1.05 bits per heavy atom. The largest absolute Gasteiger partial charge is 0.465 e. The van der Waals surface area contributed by atoms with Crippen LogP contribution in [-0.4, -0.2) is 37.2 Å². The molecule has 0 saturated heterocycles. The highest BCUT2D eigenvalue weighted by Gasteiger charge is 2.12. The molecule has 0 N–H and O–H groups in total. The summed E-state index contributed by atoms with van der Waals surface area (Å²) < 4.78 is 14.4.